The second kappa shape index (κ2) is 5.48. The first-order chi connectivity index (χ1) is 9.02. The normalized spacial score (nSPS) is 11.0. The minimum Gasteiger partial charge on any atom is -0.508 e. The van der Waals surface area contributed by atoms with Gasteiger partial charge in [0.25, 0.3) is 0 Å². The van der Waals surface area contributed by atoms with Crippen LogP contribution in [0.4, 0.5) is 0 Å². The van der Waals surface area contributed by atoms with E-state index >= 15 is 0 Å². The van der Waals surface area contributed by atoms with Crippen molar-refractivity contribution < 1.29 is 5.11 Å². The summed E-state index contributed by atoms with van der Waals surface area (Å²) in [5.74, 6) is 0.893. The molecule has 0 radical (unpaired) electrons. The lowest BCUT2D eigenvalue weighted by atomic mass is 9.91. The zero-order valence-electron chi connectivity index (χ0n) is 12.2. The van der Waals surface area contributed by atoms with Crippen molar-refractivity contribution in [1.29, 1.82) is 0 Å². The molecule has 0 amide bonds. The fraction of sp³-hybridized carbons (Fsp3) is 0.333. The molecule has 0 aromatic heterocycles. The van der Waals surface area contributed by atoms with Crippen molar-refractivity contribution >= 4 is 0 Å². The Labute approximate surface area is 115 Å². The fourth-order valence-electron chi connectivity index (χ4n) is 2.35. The molecule has 0 spiro atoms. The summed E-state index contributed by atoms with van der Waals surface area (Å²) in [6, 6.07) is 12.6. The molecular formula is C18H22O. The monoisotopic (exact) mass is 254 g/mol. The largest absolute Gasteiger partial charge is 0.508 e. The molecule has 1 heteroatoms. The Balaban J connectivity index is 2.58. The second-order valence-electron chi connectivity index (χ2n) is 5.43. The Morgan fingerprint density at radius 2 is 1.79 bits per heavy atom. The standard InChI is InChI=1S/C18H22O/c1-5-14-6-7-15(12(2)3)11-17(14)16-8-9-18(19)13(4)10-16/h6-12,19H,5H2,1-4H3. The van der Waals surface area contributed by atoms with Gasteiger partial charge in [-0.1, -0.05) is 45.0 Å². The molecule has 2 aromatic rings. The van der Waals surface area contributed by atoms with Crippen LogP contribution in [-0.2, 0) is 6.42 Å². The van der Waals surface area contributed by atoms with Gasteiger partial charge >= 0.3 is 0 Å². The number of phenols is 1. The van der Waals surface area contributed by atoms with Crippen LogP contribution in [0.25, 0.3) is 11.1 Å². The summed E-state index contributed by atoms with van der Waals surface area (Å²) in [4.78, 5) is 0. The number of aryl methyl sites for hydroxylation is 2. The highest BCUT2D eigenvalue weighted by atomic mass is 16.3. The highest BCUT2D eigenvalue weighted by molar-refractivity contribution is 5.70. The average Bonchev–Trinajstić information content (AvgIpc) is 2.41. The first-order valence-electron chi connectivity index (χ1n) is 6.95. The van der Waals surface area contributed by atoms with Crippen molar-refractivity contribution in [2.45, 2.75) is 40.0 Å². The van der Waals surface area contributed by atoms with Crippen LogP contribution < -0.4 is 0 Å². The molecule has 1 N–H and O–H groups in total. The molecule has 100 valence electrons. The lowest BCUT2D eigenvalue weighted by molar-refractivity contribution is 0.471. The maximum atomic E-state index is 9.66. The third kappa shape index (κ3) is 2.81. The summed E-state index contributed by atoms with van der Waals surface area (Å²) in [7, 11) is 0. The lowest BCUT2D eigenvalue weighted by Gasteiger charge is -2.14. The van der Waals surface area contributed by atoms with Gasteiger partial charge in [-0.15, -0.1) is 0 Å². The number of phenolic OH excluding ortho intramolecular Hbond substituents is 1. The molecule has 0 atom stereocenters. The molecule has 0 saturated carbocycles. The number of aromatic hydroxyl groups is 1. The Morgan fingerprint density at radius 1 is 1.05 bits per heavy atom. The lowest BCUT2D eigenvalue weighted by Crippen LogP contribution is -1.93. The van der Waals surface area contributed by atoms with Crippen molar-refractivity contribution in [3.05, 3.63) is 53.1 Å². The minimum absolute atomic E-state index is 0.363. The molecule has 0 fully saturated rings. The average molecular weight is 254 g/mol. The van der Waals surface area contributed by atoms with Crippen molar-refractivity contribution in [1.82, 2.24) is 0 Å². The zero-order valence-corrected chi connectivity index (χ0v) is 12.2. The van der Waals surface area contributed by atoms with Gasteiger partial charge in [-0.3, -0.25) is 0 Å². The van der Waals surface area contributed by atoms with E-state index in [2.05, 4.69) is 45.0 Å². The number of rotatable bonds is 3. The molecule has 0 saturated heterocycles. The van der Waals surface area contributed by atoms with Gasteiger partial charge in [0.1, 0.15) is 5.75 Å². The van der Waals surface area contributed by atoms with Crippen LogP contribution in [-0.4, -0.2) is 5.11 Å². The molecule has 0 aliphatic rings. The summed E-state index contributed by atoms with van der Waals surface area (Å²) in [5.41, 5.74) is 6.12. The molecule has 0 unspecified atom stereocenters. The van der Waals surface area contributed by atoms with Gasteiger partial charge in [-0.05, 0) is 59.2 Å². The molecule has 0 heterocycles. The molecule has 2 aromatic carbocycles. The van der Waals surface area contributed by atoms with Crippen molar-refractivity contribution in [3.8, 4) is 16.9 Å². The quantitative estimate of drug-likeness (QED) is 0.812. The molecular weight excluding hydrogens is 232 g/mol. The van der Waals surface area contributed by atoms with Gasteiger partial charge in [0.05, 0.1) is 0 Å². The molecule has 0 bridgehead atoms. The van der Waals surface area contributed by atoms with E-state index in [9.17, 15) is 5.11 Å². The highest BCUT2D eigenvalue weighted by Crippen LogP contribution is 2.31. The SMILES string of the molecule is CCc1ccc(C(C)C)cc1-c1ccc(O)c(C)c1. The molecule has 19 heavy (non-hydrogen) atoms. The third-order valence-electron chi connectivity index (χ3n) is 3.69. The van der Waals surface area contributed by atoms with Gasteiger partial charge in [-0.25, -0.2) is 0 Å². The van der Waals surface area contributed by atoms with Crippen LogP contribution in [0.2, 0.25) is 0 Å². The zero-order chi connectivity index (χ0) is 14.0. The second-order valence-corrected chi connectivity index (χ2v) is 5.43. The van der Waals surface area contributed by atoms with Crippen LogP contribution in [0.3, 0.4) is 0 Å². The highest BCUT2D eigenvalue weighted by Gasteiger charge is 2.08. The Bertz CT molecular complexity index is 582. The van der Waals surface area contributed by atoms with Crippen molar-refractivity contribution in [2.75, 3.05) is 0 Å². The smallest absolute Gasteiger partial charge is 0.118 e. The van der Waals surface area contributed by atoms with Crippen molar-refractivity contribution in [3.63, 3.8) is 0 Å². The molecule has 1 nitrogen and oxygen atoms in total. The van der Waals surface area contributed by atoms with Crippen LogP contribution in [0.1, 0.15) is 43.4 Å². The maximum Gasteiger partial charge on any atom is 0.118 e. The van der Waals surface area contributed by atoms with E-state index in [1.165, 1.54) is 22.3 Å². The van der Waals surface area contributed by atoms with E-state index in [1.807, 2.05) is 13.0 Å². The first kappa shape index (κ1) is 13.7. The van der Waals surface area contributed by atoms with Gasteiger partial charge in [0, 0.05) is 0 Å². The Kier molecular flexibility index (Phi) is 3.94. The number of benzene rings is 2. The minimum atomic E-state index is 0.363. The Hall–Kier alpha value is -1.76. The number of hydrogen-bond donors (Lipinski definition) is 1. The van der Waals surface area contributed by atoms with Gasteiger partial charge in [-0.2, -0.15) is 0 Å². The van der Waals surface area contributed by atoms with Crippen LogP contribution >= 0.6 is 0 Å². The van der Waals surface area contributed by atoms with E-state index in [4.69, 9.17) is 0 Å². The summed E-state index contributed by atoms with van der Waals surface area (Å²) < 4.78 is 0. The van der Waals surface area contributed by atoms with E-state index < -0.39 is 0 Å². The Morgan fingerprint density at radius 3 is 2.37 bits per heavy atom. The molecule has 0 aliphatic carbocycles. The van der Waals surface area contributed by atoms with Gasteiger partial charge in [0.15, 0.2) is 0 Å². The van der Waals surface area contributed by atoms with E-state index in [0.717, 1.165) is 12.0 Å². The summed E-state index contributed by atoms with van der Waals surface area (Å²) in [6.07, 6.45) is 1.02. The summed E-state index contributed by atoms with van der Waals surface area (Å²) in [5, 5.41) is 9.66. The van der Waals surface area contributed by atoms with Crippen LogP contribution in [0, 0.1) is 6.92 Å². The van der Waals surface area contributed by atoms with Crippen LogP contribution in [0.15, 0.2) is 36.4 Å². The summed E-state index contributed by atoms with van der Waals surface area (Å²) in [6.45, 7) is 8.55. The van der Waals surface area contributed by atoms with E-state index in [1.54, 1.807) is 6.07 Å². The van der Waals surface area contributed by atoms with E-state index in [-0.39, 0.29) is 0 Å². The predicted octanol–water partition coefficient (Wildman–Crippen LogP) is 5.05. The third-order valence-corrected chi connectivity index (χ3v) is 3.69. The maximum absolute atomic E-state index is 9.66. The van der Waals surface area contributed by atoms with Crippen molar-refractivity contribution in [2.24, 2.45) is 0 Å². The molecule has 2 rings (SSSR count). The first-order valence-corrected chi connectivity index (χ1v) is 6.95. The van der Waals surface area contributed by atoms with Crippen LogP contribution in [0.5, 0.6) is 5.75 Å². The molecule has 0 aliphatic heterocycles. The predicted molar refractivity (Wildman–Crippen MR) is 81.7 cm³/mol. The van der Waals surface area contributed by atoms with Gasteiger partial charge in [0.2, 0.25) is 0 Å². The van der Waals surface area contributed by atoms with Gasteiger partial charge < -0.3 is 5.11 Å². The summed E-state index contributed by atoms with van der Waals surface area (Å²) >= 11 is 0. The topological polar surface area (TPSA) is 20.2 Å². The van der Waals surface area contributed by atoms with E-state index in [0.29, 0.717) is 11.7 Å². The fourth-order valence-corrected chi connectivity index (χ4v) is 2.35. The number of hydrogen-bond acceptors (Lipinski definition) is 1.